The lowest BCUT2D eigenvalue weighted by molar-refractivity contribution is -0.115. The van der Waals surface area contributed by atoms with Gasteiger partial charge in [0.1, 0.15) is 5.75 Å². The summed E-state index contributed by atoms with van der Waals surface area (Å²) >= 11 is 5.14. The van der Waals surface area contributed by atoms with E-state index in [1.807, 2.05) is 31.2 Å². The number of carbonyl (C=O) groups excluding carboxylic acids is 1. The number of sulfonamides is 1. The molecule has 2 aromatic rings. The summed E-state index contributed by atoms with van der Waals surface area (Å²) in [4.78, 5) is 12.2. The molecule has 2 rings (SSSR count). The van der Waals surface area contributed by atoms with E-state index in [0.29, 0.717) is 12.3 Å². The first-order valence-electron chi connectivity index (χ1n) is 9.65. The molecule has 0 saturated carbocycles. The predicted molar refractivity (Wildman–Crippen MR) is 128 cm³/mol. The molecule has 2 aromatic carbocycles. The Labute approximate surface area is 188 Å². The van der Waals surface area contributed by atoms with Gasteiger partial charge in [0.15, 0.2) is 5.11 Å². The first-order valence-corrected chi connectivity index (χ1v) is 11.5. The van der Waals surface area contributed by atoms with E-state index in [1.54, 1.807) is 39.0 Å². The molecule has 9 heteroatoms. The number of anilines is 1. The van der Waals surface area contributed by atoms with Crippen molar-refractivity contribution in [1.29, 1.82) is 0 Å². The van der Waals surface area contributed by atoms with E-state index >= 15 is 0 Å². The number of thiocarbonyl (C=S) groups is 1. The molecule has 0 aliphatic heterocycles. The fourth-order valence-corrected chi connectivity index (χ4v) is 4.15. The SMILES string of the molecule is CCOc1ccc(/C=C/C(=O)NC(=S)Nc2ccc(S(=O)(=O)NC(C)(C)C)cc2)cc1. The summed E-state index contributed by atoms with van der Waals surface area (Å²) in [6.07, 6.45) is 3.03. The third-order valence-corrected chi connectivity index (χ3v) is 5.70. The van der Waals surface area contributed by atoms with E-state index in [4.69, 9.17) is 17.0 Å². The van der Waals surface area contributed by atoms with Gasteiger partial charge in [0.2, 0.25) is 15.9 Å². The molecule has 0 saturated heterocycles. The maximum absolute atomic E-state index is 12.3. The average Bonchev–Trinajstić information content (AvgIpc) is 2.66. The first-order chi connectivity index (χ1) is 14.5. The van der Waals surface area contributed by atoms with Crippen molar-refractivity contribution >= 4 is 45.0 Å². The number of nitrogens with one attached hydrogen (secondary N) is 3. The number of benzene rings is 2. The van der Waals surface area contributed by atoms with Crippen molar-refractivity contribution in [3.05, 3.63) is 60.2 Å². The van der Waals surface area contributed by atoms with E-state index in [9.17, 15) is 13.2 Å². The van der Waals surface area contributed by atoms with Crippen LogP contribution in [0.5, 0.6) is 5.75 Å². The molecule has 0 heterocycles. The zero-order chi connectivity index (χ0) is 23.1. The molecule has 0 radical (unpaired) electrons. The van der Waals surface area contributed by atoms with Gasteiger partial charge in [-0.25, -0.2) is 13.1 Å². The van der Waals surface area contributed by atoms with Crippen LogP contribution in [-0.2, 0) is 14.8 Å². The number of ether oxygens (including phenoxy) is 1. The molecule has 166 valence electrons. The lowest BCUT2D eigenvalue weighted by Gasteiger charge is -2.20. The summed E-state index contributed by atoms with van der Waals surface area (Å²) in [6, 6.07) is 13.4. The Bertz CT molecular complexity index is 1040. The third kappa shape index (κ3) is 8.49. The average molecular weight is 462 g/mol. The molecule has 0 bridgehead atoms. The summed E-state index contributed by atoms with van der Waals surface area (Å²) in [7, 11) is -3.62. The summed E-state index contributed by atoms with van der Waals surface area (Å²) in [5, 5.41) is 5.50. The maximum Gasteiger partial charge on any atom is 0.250 e. The highest BCUT2D eigenvalue weighted by atomic mass is 32.2. The molecular formula is C22H27N3O4S2. The number of amides is 1. The van der Waals surface area contributed by atoms with Gasteiger partial charge in [0.25, 0.3) is 0 Å². The Kier molecular flexibility index (Phi) is 8.32. The van der Waals surface area contributed by atoms with Crippen molar-refractivity contribution in [2.75, 3.05) is 11.9 Å². The van der Waals surface area contributed by atoms with Gasteiger partial charge >= 0.3 is 0 Å². The van der Waals surface area contributed by atoms with E-state index in [1.165, 1.54) is 18.2 Å². The van der Waals surface area contributed by atoms with E-state index in [0.717, 1.165) is 11.3 Å². The van der Waals surface area contributed by atoms with Crippen LogP contribution >= 0.6 is 12.2 Å². The normalized spacial score (nSPS) is 11.9. The number of carbonyl (C=O) groups is 1. The second kappa shape index (κ2) is 10.5. The molecule has 0 aliphatic rings. The van der Waals surface area contributed by atoms with Crippen LogP contribution in [-0.4, -0.2) is 31.6 Å². The minimum absolute atomic E-state index is 0.102. The number of rotatable bonds is 7. The zero-order valence-electron chi connectivity index (χ0n) is 17.9. The molecule has 3 N–H and O–H groups in total. The highest BCUT2D eigenvalue weighted by Crippen LogP contribution is 2.16. The molecule has 0 spiro atoms. The molecule has 1 amide bonds. The van der Waals surface area contributed by atoms with Gasteiger partial charge in [-0.2, -0.15) is 0 Å². The maximum atomic E-state index is 12.3. The first kappa shape index (κ1) is 24.5. The van der Waals surface area contributed by atoms with Crippen LogP contribution < -0.4 is 20.1 Å². The highest BCUT2D eigenvalue weighted by molar-refractivity contribution is 7.89. The van der Waals surface area contributed by atoms with Gasteiger partial charge < -0.3 is 10.1 Å². The quantitative estimate of drug-likeness (QED) is 0.430. The molecule has 0 aliphatic carbocycles. The Morgan fingerprint density at radius 2 is 1.68 bits per heavy atom. The van der Waals surface area contributed by atoms with Crippen molar-refractivity contribution in [3.63, 3.8) is 0 Å². The molecular weight excluding hydrogens is 434 g/mol. The second-order valence-electron chi connectivity index (χ2n) is 7.66. The molecule has 0 unspecified atom stereocenters. The minimum atomic E-state index is -3.62. The van der Waals surface area contributed by atoms with Gasteiger partial charge in [-0.05, 0) is 88.0 Å². The van der Waals surface area contributed by atoms with Crippen LogP contribution in [0.2, 0.25) is 0 Å². The summed E-state index contributed by atoms with van der Waals surface area (Å²) in [6.45, 7) is 7.81. The van der Waals surface area contributed by atoms with Crippen LogP contribution in [0.3, 0.4) is 0 Å². The largest absolute Gasteiger partial charge is 0.494 e. The summed E-state index contributed by atoms with van der Waals surface area (Å²) < 4.78 is 32.6. The minimum Gasteiger partial charge on any atom is -0.494 e. The summed E-state index contributed by atoms with van der Waals surface area (Å²) in [5.74, 6) is 0.377. The lowest BCUT2D eigenvalue weighted by atomic mass is 10.1. The number of hydrogen-bond donors (Lipinski definition) is 3. The Morgan fingerprint density at radius 1 is 1.06 bits per heavy atom. The van der Waals surface area contributed by atoms with Crippen LogP contribution in [0, 0.1) is 0 Å². The van der Waals surface area contributed by atoms with Crippen LogP contribution in [0.15, 0.2) is 59.5 Å². The zero-order valence-corrected chi connectivity index (χ0v) is 19.6. The lowest BCUT2D eigenvalue weighted by Crippen LogP contribution is -2.40. The predicted octanol–water partition coefficient (Wildman–Crippen LogP) is 3.69. The van der Waals surface area contributed by atoms with Crippen molar-refractivity contribution in [2.24, 2.45) is 0 Å². The van der Waals surface area contributed by atoms with Crippen LogP contribution in [0.1, 0.15) is 33.3 Å². The van der Waals surface area contributed by atoms with Crippen LogP contribution in [0.4, 0.5) is 5.69 Å². The molecule has 0 fully saturated rings. The summed E-state index contributed by atoms with van der Waals surface area (Å²) in [5.41, 5.74) is 0.814. The van der Waals surface area contributed by atoms with Crippen LogP contribution in [0.25, 0.3) is 6.08 Å². The van der Waals surface area contributed by atoms with Crippen molar-refractivity contribution in [1.82, 2.24) is 10.0 Å². The van der Waals surface area contributed by atoms with Gasteiger partial charge in [0, 0.05) is 17.3 Å². The third-order valence-electron chi connectivity index (χ3n) is 3.72. The van der Waals surface area contributed by atoms with E-state index < -0.39 is 15.6 Å². The molecule has 0 atom stereocenters. The Morgan fingerprint density at radius 3 is 2.23 bits per heavy atom. The Hall–Kier alpha value is -2.75. The smallest absolute Gasteiger partial charge is 0.250 e. The van der Waals surface area contributed by atoms with Crippen molar-refractivity contribution < 1.29 is 17.9 Å². The van der Waals surface area contributed by atoms with Crippen molar-refractivity contribution in [3.8, 4) is 5.75 Å². The number of hydrogen-bond acceptors (Lipinski definition) is 5. The second-order valence-corrected chi connectivity index (χ2v) is 9.75. The van der Waals surface area contributed by atoms with Crippen molar-refractivity contribution in [2.45, 2.75) is 38.1 Å². The standard InChI is InChI=1S/C22H27N3O4S2/c1-5-29-18-11-6-16(7-12-18)8-15-20(26)24-21(30)23-17-9-13-19(14-10-17)31(27,28)25-22(2,3)4/h6-15,25H,5H2,1-4H3,(H2,23,24,26,30)/b15-8+. The molecule has 31 heavy (non-hydrogen) atoms. The van der Waals surface area contributed by atoms with E-state index in [2.05, 4.69) is 15.4 Å². The molecule has 7 nitrogen and oxygen atoms in total. The topological polar surface area (TPSA) is 96.5 Å². The fourth-order valence-electron chi connectivity index (χ4n) is 2.51. The Balaban J connectivity index is 1.91. The monoisotopic (exact) mass is 461 g/mol. The van der Waals surface area contributed by atoms with Gasteiger partial charge in [-0.1, -0.05) is 12.1 Å². The van der Waals surface area contributed by atoms with Gasteiger partial charge in [-0.15, -0.1) is 0 Å². The fraction of sp³-hybridized carbons (Fsp3) is 0.273. The molecule has 0 aromatic heterocycles. The van der Waals surface area contributed by atoms with Gasteiger partial charge in [-0.3, -0.25) is 10.1 Å². The highest BCUT2D eigenvalue weighted by Gasteiger charge is 2.21. The van der Waals surface area contributed by atoms with Gasteiger partial charge in [0.05, 0.1) is 11.5 Å². The van der Waals surface area contributed by atoms with E-state index in [-0.39, 0.29) is 15.9 Å².